The van der Waals surface area contributed by atoms with Gasteiger partial charge in [-0.3, -0.25) is 0 Å². The highest BCUT2D eigenvalue weighted by Gasteiger charge is 2.19. The van der Waals surface area contributed by atoms with Crippen molar-refractivity contribution >= 4 is 0 Å². The standard InChI is InChI=1S/C33H54/c1-26(2)13-9-15-28(5)17-11-18-30(7)21-22-33-24-31(8)23-32(25-33)20-12-19-29(6)16-10-14-27(3)4/h13-14,17,19,25,31,33H,7,9-12,15-16,18,20-24H2,1-6,8H3/b28-17+,29-19+. The van der Waals surface area contributed by atoms with Gasteiger partial charge in [-0.15, -0.1) is 0 Å². The lowest BCUT2D eigenvalue weighted by Crippen LogP contribution is -2.12. The lowest BCUT2D eigenvalue weighted by molar-refractivity contribution is 0.391. The van der Waals surface area contributed by atoms with Crippen LogP contribution < -0.4 is 0 Å². The van der Waals surface area contributed by atoms with Gasteiger partial charge in [-0.25, -0.2) is 0 Å². The summed E-state index contributed by atoms with van der Waals surface area (Å²) in [7, 11) is 0. The zero-order chi connectivity index (χ0) is 24.6. The van der Waals surface area contributed by atoms with Gasteiger partial charge in [-0.05, 0) is 130 Å². The maximum Gasteiger partial charge on any atom is -0.0225 e. The first kappa shape index (κ1) is 29.5. The molecule has 0 aromatic rings. The molecule has 1 aliphatic rings. The Balaban J connectivity index is 2.38. The van der Waals surface area contributed by atoms with Crippen LogP contribution in [0.1, 0.15) is 126 Å². The topological polar surface area (TPSA) is 0 Å². The Morgan fingerprint density at radius 1 is 0.788 bits per heavy atom. The summed E-state index contributed by atoms with van der Waals surface area (Å²) in [6.45, 7) is 20.1. The summed E-state index contributed by atoms with van der Waals surface area (Å²) in [4.78, 5) is 0. The minimum absolute atomic E-state index is 0.754. The summed E-state index contributed by atoms with van der Waals surface area (Å²) < 4.78 is 0. The van der Waals surface area contributed by atoms with Gasteiger partial charge in [0.05, 0.1) is 0 Å². The maximum absolute atomic E-state index is 4.39. The molecule has 0 fully saturated rings. The van der Waals surface area contributed by atoms with Crippen LogP contribution in [0.5, 0.6) is 0 Å². The molecule has 0 bridgehead atoms. The van der Waals surface area contributed by atoms with Crippen molar-refractivity contribution in [3.63, 3.8) is 0 Å². The van der Waals surface area contributed by atoms with Crippen LogP contribution in [-0.2, 0) is 0 Å². The van der Waals surface area contributed by atoms with Crippen molar-refractivity contribution in [2.45, 2.75) is 126 Å². The summed E-state index contributed by atoms with van der Waals surface area (Å²) in [6.07, 6.45) is 26.9. The van der Waals surface area contributed by atoms with E-state index in [4.69, 9.17) is 0 Å². The van der Waals surface area contributed by atoms with Gasteiger partial charge in [-0.1, -0.05) is 77.3 Å². The Bertz CT molecular complexity index is 726. The SMILES string of the molecule is C=C(CC/C=C(\C)CCC=C(C)C)CCC1C=C(CC/C=C(\C)CCC=C(C)C)CC(C)C1. The second kappa shape index (κ2) is 17.0. The first-order valence-electron chi connectivity index (χ1n) is 13.6. The molecule has 1 aliphatic carbocycles. The quantitative estimate of drug-likeness (QED) is 0.218. The van der Waals surface area contributed by atoms with Gasteiger partial charge in [0, 0.05) is 0 Å². The lowest BCUT2D eigenvalue weighted by Gasteiger charge is -2.26. The van der Waals surface area contributed by atoms with Crippen molar-refractivity contribution in [2.75, 3.05) is 0 Å². The van der Waals surface area contributed by atoms with E-state index in [1.807, 2.05) is 0 Å². The van der Waals surface area contributed by atoms with Gasteiger partial charge in [0.15, 0.2) is 0 Å². The molecule has 0 radical (unpaired) electrons. The third-order valence-corrected chi connectivity index (χ3v) is 6.79. The van der Waals surface area contributed by atoms with Crippen molar-refractivity contribution in [1.29, 1.82) is 0 Å². The van der Waals surface area contributed by atoms with Crippen LogP contribution in [0.4, 0.5) is 0 Å². The van der Waals surface area contributed by atoms with Gasteiger partial charge in [-0.2, -0.15) is 0 Å². The van der Waals surface area contributed by atoms with Crippen molar-refractivity contribution in [3.05, 3.63) is 70.4 Å². The fourth-order valence-electron chi connectivity index (χ4n) is 4.83. The molecule has 186 valence electrons. The van der Waals surface area contributed by atoms with E-state index in [1.54, 1.807) is 11.1 Å². The average Bonchev–Trinajstić information content (AvgIpc) is 2.71. The van der Waals surface area contributed by atoms with E-state index in [-0.39, 0.29) is 0 Å². The predicted octanol–water partition coefficient (Wildman–Crippen LogP) is 11.2. The predicted molar refractivity (Wildman–Crippen MR) is 152 cm³/mol. The van der Waals surface area contributed by atoms with Gasteiger partial charge >= 0.3 is 0 Å². The summed E-state index contributed by atoms with van der Waals surface area (Å²) in [5, 5.41) is 0. The summed E-state index contributed by atoms with van der Waals surface area (Å²) in [5.74, 6) is 1.59. The largest absolute Gasteiger partial charge is 0.0999 e. The second-order valence-corrected chi connectivity index (χ2v) is 11.2. The molecule has 0 saturated carbocycles. The molecule has 33 heavy (non-hydrogen) atoms. The number of hydrogen-bond acceptors (Lipinski definition) is 0. The fraction of sp³-hybridized carbons (Fsp3) is 0.636. The van der Waals surface area contributed by atoms with Gasteiger partial charge < -0.3 is 0 Å². The van der Waals surface area contributed by atoms with Gasteiger partial charge in [0.1, 0.15) is 0 Å². The first-order valence-corrected chi connectivity index (χ1v) is 13.6. The van der Waals surface area contributed by atoms with Crippen LogP contribution in [0.25, 0.3) is 0 Å². The molecular formula is C33H54. The maximum atomic E-state index is 4.39. The Morgan fingerprint density at radius 3 is 1.91 bits per heavy atom. The average molecular weight is 451 g/mol. The van der Waals surface area contributed by atoms with Crippen LogP contribution in [0.3, 0.4) is 0 Å². The van der Waals surface area contributed by atoms with Gasteiger partial charge in [0.25, 0.3) is 0 Å². The molecule has 0 aromatic carbocycles. The van der Waals surface area contributed by atoms with Crippen LogP contribution in [0.15, 0.2) is 70.4 Å². The highest BCUT2D eigenvalue weighted by atomic mass is 14.2. The summed E-state index contributed by atoms with van der Waals surface area (Å²) in [6, 6.07) is 0. The Morgan fingerprint density at radius 2 is 1.33 bits per heavy atom. The van der Waals surface area contributed by atoms with E-state index >= 15 is 0 Å². The van der Waals surface area contributed by atoms with E-state index in [9.17, 15) is 0 Å². The van der Waals surface area contributed by atoms with E-state index in [2.05, 4.69) is 85.4 Å². The third-order valence-electron chi connectivity index (χ3n) is 6.79. The molecule has 0 nitrogen and oxygen atoms in total. The van der Waals surface area contributed by atoms with Crippen LogP contribution in [-0.4, -0.2) is 0 Å². The summed E-state index contributed by atoms with van der Waals surface area (Å²) >= 11 is 0. The number of rotatable bonds is 15. The zero-order valence-corrected chi connectivity index (χ0v) is 23.2. The van der Waals surface area contributed by atoms with E-state index in [0.717, 1.165) is 24.7 Å². The Hall–Kier alpha value is -1.56. The molecule has 0 heterocycles. The molecule has 0 amide bonds. The third kappa shape index (κ3) is 15.8. The van der Waals surface area contributed by atoms with Crippen LogP contribution in [0.2, 0.25) is 0 Å². The molecule has 0 heteroatoms. The van der Waals surface area contributed by atoms with Gasteiger partial charge in [0.2, 0.25) is 0 Å². The molecule has 2 unspecified atom stereocenters. The number of hydrogen-bond donors (Lipinski definition) is 0. The second-order valence-electron chi connectivity index (χ2n) is 11.2. The van der Waals surface area contributed by atoms with Crippen molar-refractivity contribution in [1.82, 2.24) is 0 Å². The highest BCUT2D eigenvalue weighted by molar-refractivity contribution is 5.12. The summed E-state index contributed by atoms with van der Waals surface area (Å²) in [5.41, 5.74) is 9.06. The lowest BCUT2D eigenvalue weighted by atomic mass is 9.79. The Kier molecular flexibility index (Phi) is 15.1. The molecule has 2 atom stereocenters. The first-order chi connectivity index (χ1) is 15.7. The monoisotopic (exact) mass is 450 g/mol. The normalized spacial score (nSPS) is 19.2. The van der Waals surface area contributed by atoms with Crippen molar-refractivity contribution in [2.24, 2.45) is 11.8 Å². The molecule has 1 rings (SSSR count). The van der Waals surface area contributed by atoms with Crippen molar-refractivity contribution < 1.29 is 0 Å². The molecule has 0 N–H and O–H groups in total. The smallest absolute Gasteiger partial charge is 0.0225 e. The molecule has 0 aromatic heterocycles. The van der Waals surface area contributed by atoms with E-state index < -0.39 is 0 Å². The highest BCUT2D eigenvalue weighted by Crippen LogP contribution is 2.33. The zero-order valence-electron chi connectivity index (χ0n) is 23.2. The minimum Gasteiger partial charge on any atom is -0.0999 e. The van der Waals surface area contributed by atoms with Crippen molar-refractivity contribution in [3.8, 4) is 0 Å². The fourth-order valence-corrected chi connectivity index (χ4v) is 4.83. The molecule has 0 aliphatic heterocycles. The Labute approximate surface area is 207 Å². The van der Waals surface area contributed by atoms with Crippen LogP contribution in [0, 0.1) is 11.8 Å². The molecular weight excluding hydrogens is 396 g/mol. The van der Waals surface area contributed by atoms with E-state index in [0.29, 0.717) is 0 Å². The molecule has 0 saturated heterocycles. The number of allylic oxidation sites excluding steroid dienone is 11. The molecule has 0 spiro atoms. The minimum atomic E-state index is 0.754. The van der Waals surface area contributed by atoms with E-state index in [1.165, 1.54) is 86.5 Å². The van der Waals surface area contributed by atoms with Crippen LogP contribution >= 0.6 is 0 Å².